The van der Waals surface area contributed by atoms with E-state index in [1.54, 1.807) is 0 Å². The molecule has 0 aromatic carbocycles. The van der Waals surface area contributed by atoms with E-state index in [2.05, 4.69) is 50.8 Å². The van der Waals surface area contributed by atoms with Crippen LogP contribution < -0.4 is 0 Å². The van der Waals surface area contributed by atoms with Crippen LogP contribution in [0.5, 0.6) is 0 Å². The van der Waals surface area contributed by atoms with Crippen molar-refractivity contribution in [1.82, 2.24) is 10.1 Å². The highest BCUT2D eigenvalue weighted by Gasteiger charge is 2.41. The largest absolute Gasteiger partial charge is 0.481 e. The molecule has 4 atom stereocenters. The van der Waals surface area contributed by atoms with E-state index in [-0.39, 0.29) is 11.5 Å². The van der Waals surface area contributed by atoms with Crippen LogP contribution in [-0.4, -0.2) is 33.0 Å². The van der Waals surface area contributed by atoms with E-state index in [9.17, 15) is 9.90 Å². The molecule has 6 nitrogen and oxygen atoms in total. The summed E-state index contributed by atoms with van der Waals surface area (Å²) in [6, 6.07) is 0.0646. The highest BCUT2D eigenvalue weighted by molar-refractivity contribution is 5.88. The summed E-state index contributed by atoms with van der Waals surface area (Å²) in [5.41, 5.74) is 1.55. The molecule has 0 spiro atoms. The second-order valence-corrected chi connectivity index (χ2v) is 10.9. The summed E-state index contributed by atoms with van der Waals surface area (Å²) in [5, 5.41) is 14.1. The number of carbonyl (C=O) groups is 1. The first-order valence-electron chi connectivity index (χ1n) is 11.8. The highest BCUT2D eigenvalue weighted by Crippen LogP contribution is 2.42. The fourth-order valence-electron chi connectivity index (χ4n) is 5.27. The summed E-state index contributed by atoms with van der Waals surface area (Å²) in [6.07, 6.45) is 8.93. The second-order valence-electron chi connectivity index (χ2n) is 10.9. The van der Waals surface area contributed by atoms with Crippen molar-refractivity contribution in [1.29, 1.82) is 0 Å². The molecule has 0 radical (unpaired) electrons. The van der Waals surface area contributed by atoms with Crippen LogP contribution in [0.2, 0.25) is 0 Å². The summed E-state index contributed by atoms with van der Waals surface area (Å²) in [7, 11) is 0. The second kappa shape index (κ2) is 9.25. The van der Waals surface area contributed by atoms with Crippen LogP contribution in [-0.2, 0) is 11.2 Å². The first-order chi connectivity index (χ1) is 14.5. The van der Waals surface area contributed by atoms with Gasteiger partial charge >= 0.3 is 5.97 Å². The van der Waals surface area contributed by atoms with Crippen molar-refractivity contribution in [3.05, 3.63) is 17.8 Å². The minimum Gasteiger partial charge on any atom is -0.481 e. The van der Waals surface area contributed by atoms with Gasteiger partial charge in [0.25, 0.3) is 0 Å². The average Bonchev–Trinajstić information content (AvgIpc) is 3.01. The van der Waals surface area contributed by atoms with Crippen LogP contribution in [0.3, 0.4) is 0 Å². The fraction of sp³-hybridized carbons (Fsp3) is 0.760. The van der Waals surface area contributed by atoms with E-state index in [1.165, 1.54) is 5.71 Å². The summed E-state index contributed by atoms with van der Waals surface area (Å²) >= 11 is 0. The van der Waals surface area contributed by atoms with Gasteiger partial charge < -0.3 is 9.63 Å². The number of rotatable bonds is 5. The van der Waals surface area contributed by atoms with E-state index in [0.29, 0.717) is 30.0 Å². The molecule has 0 bridgehead atoms. The molecule has 1 saturated carbocycles. The van der Waals surface area contributed by atoms with E-state index in [1.807, 2.05) is 6.92 Å². The Morgan fingerprint density at radius 2 is 1.97 bits per heavy atom. The van der Waals surface area contributed by atoms with Gasteiger partial charge in [0.1, 0.15) is 0 Å². The zero-order chi connectivity index (χ0) is 22.8. The van der Waals surface area contributed by atoms with Gasteiger partial charge in [-0.2, -0.15) is 4.98 Å². The van der Waals surface area contributed by atoms with Gasteiger partial charge in [-0.25, -0.2) is 0 Å². The van der Waals surface area contributed by atoms with Crippen molar-refractivity contribution in [2.45, 2.75) is 99.0 Å². The molecule has 1 N–H and O–H groups in total. The minimum absolute atomic E-state index is 0.0596. The predicted molar refractivity (Wildman–Crippen MR) is 123 cm³/mol. The van der Waals surface area contributed by atoms with Crippen LogP contribution in [0.25, 0.3) is 5.57 Å². The molecule has 1 aromatic rings. The van der Waals surface area contributed by atoms with Crippen LogP contribution >= 0.6 is 0 Å². The number of carboxylic acid groups (broad SMARTS) is 1. The molecule has 2 aliphatic rings. The third-order valence-electron chi connectivity index (χ3n) is 7.08. The lowest BCUT2D eigenvalue weighted by Gasteiger charge is -2.27. The number of hydrogen-bond donors (Lipinski definition) is 1. The van der Waals surface area contributed by atoms with E-state index in [4.69, 9.17) is 9.52 Å². The van der Waals surface area contributed by atoms with Crippen molar-refractivity contribution < 1.29 is 14.4 Å². The quantitative estimate of drug-likeness (QED) is 0.582. The number of nitrogens with zero attached hydrogens (tertiary/aromatic N) is 3. The Bertz CT molecular complexity index is 854. The van der Waals surface area contributed by atoms with Gasteiger partial charge in [0.05, 0.1) is 11.5 Å². The molecule has 4 unspecified atom stereocenters. The summed E-state index contributed by atoms with van der Waals surface area (Å²) in [5.74, 6) is 1.57. The lowest BCUT2D eigenvalue weighted by atomic mass is 9.78. The monoisotopic (exact) mass is 429 g/mol. The SMILES string of the molecule is CCCc1nc(C2=CC(C)(C)CC(=NC3CC(C)C(C)CC(C)(C(=O)O)C3)CC2)no1. The molecule has 1 aromatic heterocycles. The molecule has 31 heavy (non-hydrogen) atoms. The molecule has 2 aliphatic carbocycles. The Kier molecular flexibility index (Phi) is 7.07. The topological polar surface area (TPSA) is 88.6 Å². The molecular formula is C25H39N3O3. The number of hydrogen-bond acceptors (Lipinski definition) is 5. The standard InChI is InChI=1S/C25H39N3O3/c1-7-8-21-27-22(28-31-21)18-9-10-19(14-24(4,5)13-18)26-20-11-16(2)17(3)12-25(6,15-20)23(29)30/h13,16-17,20H,7-12,14-15H2,1-6H3,(H,29,30). The zero-order valence-corrected chi connectivity index (χ0v) is 20.1. The zero-order valence-electron chi connectivity index (χ0n) is 20.1. The molecule has 3 rings (SSSR count). The van der Waals surface area contributed by atoms with Crippen molar-refractivity contribution in [2.75, 3.05) is 0 Å². The van der Waals surface area contributed by atoms with Crippen LogP contribution in [0.4, 0.5) is 0 Å². The normalized spacial score (nSPS) is 32.9. The Morgan fingerprint density at radius 3 is 2.65 bits per heavy atom. The molecule has 172 valence electrons. The lowest BCUT2D eigenvalue weighted by molar-refractivity contribution is -0.149. The maximum Gasteiger partial charge on any atom is 0.309 e. The third-order valence-corrected chi connectivity index (χ3v) is 7.08. The van der Waals surface area contributed by atoms with Crippen molar-refractivity contribution >= 4 is 17.3 Å². The van der Waals surface area contributed by atoms with E-state index >= 15 is 0 Å². The molecular weight excluding hydrogens is 390 g/mol. The van der Waals surface area contributed by atoms with Crippen molar-refractivity contribution in [2.24, 2.45) is 27.7 Å². The molecule has 0 amide bonds. The number of carboxylic acids is 1. The summed E-state index contributed by atoms with van der Waals surface area (Å²) in [6.45, 7) is 12.9. The third kappa shape index (κ3) is 5.83. The Hall–Kier alpha value is -1.98. The van der Waals surface area contributed by atoms with Crippen LogP contribution in [0, 0.1) is 22.7 Å². The van der Waals surface area contributed by atoms with Crippen LogP contribution in [0.15, 0.2) is 15.6 Å². The maximum absolute atomic E-state index is 12.0. The van der Waals surface area contributed by atoms with Gasteiger partial charge in [-0.15, -0.1) is 0 Å². The van der Waals surface area contributed by atoms with E-state index in [0.717, 1.165) is 50.5 Å². The Balaban J connectivity index is 1.81. The summed E-state index contributed by atoms with van der Waals surface area (Å²) in [4.78, 5) is 21.8. The number of aliphatic carboxylic acids is 1. The summed E-state index contributed by atoms with van der Waals surface area (Å²) < 4.78 is 5.41. The highest BCUT2D eigenvalue weighted by atomic mass is 16.5. The molecule has 6 heteroatoms. The lowest BCUT2D eigenvalue weighted by Crippen LogP contribution is -2.31. The first kappa shape index (κ1) is 23.7. The number of aryl methyl sites for hydroxylation is 1. The minimum atomic E-state index is -0.705. The van der Waals surface area contributed by atoms with Gasteiger partial charge in [-0.1, -0.05) is 45.9 Å². The van der Waals surface area contributed by atoms with Gasteiger partial charge in [-0.05, 0) is 74.7 Å². The molecule has 1 heterocycles. The predicted octanol–water partition coefficient (Wildman–Crippen LogP) is 5.97. The van der Waals surface area contributed by atoms with Gasteiger partial charge in [0.2, 0.25) is 5.89 Å². The number of aromatic nitrogens is 2. The molecule has 0 aliphatic heterocycles. The molecule has 1 fully saturated rings. The van der Waals surface area contributed by atoms with E-state index < -0.39 is 11.4 Å². The average molecular weight is 430 g/mol. The molecule has 0 saturated heterocycles. The Morgan fingerprint density at radius 1 is 1.23 bits per heavy atom. The fourth-order valence-corrected chi connectivity index (χ4v) is 5.27. The van der Waals surface area contributed by atoms with Gasteiger partial charge in [0.15, 0.2) is 5.82 Å². The number of aliphatic imine (C=N–C) groups is 1. The Labute approximate surface area is 186 Å². The first-order valence-corrected chi connectivity index (χ1v) is 11.8. The number of allylic oxidation sites excluding steroid dienone is 2. The van der Waals surface area contributed by atoms with Crippen molar-refractivity contribution in [3.63, 3.8) is 0 Å². The van der Waals surface area contributed by atoms with Crippen LogP contribution in [0.1, 0.15) is 98.2 Å². The van der Waals surface area contributed by atoms with Crippen molar-refractivity contribution in [3.8, 4) is 0 Å². The maximum atomic E-state index is 12.0. The smallest absolute Gasteiger partial charge is 0.309 e. The van der Waals surface area contributed by atoms with Gasteiger partial charge in [-0.3, -0.25) is 9.79 Å². The van der Waals surface area contributed by atoms with Gasteiger partial charge in [0, 0.05) is 12.1 Å².